The van der Waals surface area contributed by atoms with E-state index in [2.05, 4.69) is 25.9 Å². The van der Waals surface area contributed by atoms with Crippen molar-refractivity contribution in [3.63, 3.8) is 0 Å². The van der Waals surface area contributed by atoms with Crippen molar-refractivity contribution in [2.45, 2.75) is 6.92 Å². The van der Waals surface area contributed by atoms with Gasteiger partial charge >= 0.3 is 0 Å². The Morgan fingerprint density at radius 2 is 1.94 bits per heavy atom. The van der Waals surface area contributed by atoms with Gasteiger partial charge in [-0.1, -0.05) is 15.9 Å². The second-order valence-corrected chi connectivity index (χ2v) is 4.78. The average Bonchev–Trinajstić information content (AvgIpc) is 2.57. The highest BCUT2D eigenvalue weighted by Crippen LogP contribution is 2.27. The Balaban J connectivity index is 2.62. The highest BCUT2D eigenvalue weighted by molar-refractivity contribution is 9.10. The van der Waals surface area contributed by atoms with Crippen molar-refractivity contribution in [2.24, 2.45) is 0 Å². The summed E-state index contributed by atoms with van der Waals surface area (Å²) in [7, 11) is 0. The van der Waals surface area contributed by atoms with E-state index < -0.39 is 0 Å². The molecular formula is C12H9BrN2O. The molecule has 0 fully saturated rings. The molecule has 0 aliphatic carbocycles. The summed E-state index contributed by atoms with van der Waals surface area (Å²) in [4.78, 5) is 17.5. The third-order valence-corrected chi connectivity index (χ3v) is 3.26. The molecular weight excluding hydrogens is 268 g/mol. The Bertz CT molecular complexity index is 755. The molecule has 0 amide bonds. The topological polar surface area (TPSA) is 48.6 Å². The number of aromatic nitrogens is 2. The molecule has 16 heavy (non-hydrogen) atoms. The summed E-state index contributed by atoms with van der Waals surface area (Å²) in [5.74, 6) is 0. The molecule has 2 heterocycles. The van der Waals surface area contributed by atoms with Gasteiger partial charge in [0.15, 0.2) is 0 Å². The first-order valence-corrected chi connectivity index (χ1v) is 5.75. The minimum Gasteiger partial charge on any atom is -0.353 e. The Labute approximate surface area is 99.6 Å². The third kappa shape index (κ3) is 1.30. The molecule has 4 heteroatoms. The van der Waals surface area contributed by atoms with E-state index >= 15 is 0 Å². The summed E-state index contributed by atoms with van der Waals surface area (Å²) in [6.45, 7) is 1.90. The lowest BCUT2D eigenvalue weighted by Crippen LogP contribution is -2.04. The third-order valence-electron chi connectivity index (χ3n) is 2.76. The average molecular weight is 277 g/mol. The zero-order valence-electron chi connectivity index (χ0n) is 8.60. The van der Waals surface area contributed by atoms with Gasteiger partial charge in [0.2, 0.25) is 5.56 Å². The molecule has 0 saturated heterocycles. The molecule has 0 unspecified atom stereocenters. The van der Waals surface area contributed by atoms with Gasteiger partial charge in [-0.15, -0.1) is 0 Å². The lowest BCUT2D eigenvalue weighted by Gasteiger charge is -1.94. The van der Waals surface area contributed by atoms with Gasteiger partial charge in [0.05, 0.1) is 5.52 Å². The molecule has 0 aliphatic heterocycles. The molecule has 0 radical (unpaired) electrons. The standard InChI is InChI=1S/C12H9BrN2O/c1-6-12-9(5-11(16)14-6)8-4-7(13)2-3-10(8)15-12/h2-5,15H,1H3,(H,14,16). The van der Waals surface area contributed by atoms with Crippen molar-refractivity contribution < 1.29 is 0 Å². The number of fused-ring (bicyclic) bond motifs is 3. The molecule has 0 aliphatic rings. The zero-order chi connectivity index (χ0) is 11.3. The van der Waals surface area contributed by atoms with Crippen LogP contribution in [0.25, 0.3) is 21.8 Å². The van der Waals surface area contributed by atoms with E-state index in [1.165, 1.54) is 0 Å². The molecule has 0 spiro atoms. The minimum atomic E-state index is -0.0640. The number of hydrogen-bond donors (Lipinski definition) is 2. The molecule has 0 bridgehead atoms. The summed E-state index contributed by atoms with van der Waals surface area (Å²) >= 11 is 3.44. The molecule has 2 aromatic heterocycles. The smallest absolute Gasteiger partial charge is 0.248 e. The van der Waals surface area contributed by atoms with E-state index in [-0.39, 0.29) is 5.56 Å². The largest absolute Gasteiger partial charge is 0.353 e. The second-order valence-electron chi connectivity index (χ2n) is 3.86. The summed E-state index contributed by atoms with van der Waals surface area (Å²) < 4.78 is 1.01. The van der Waals surface area contributed by atoms with Crippen LogP contribution in [0.3, 0.4) is 0 Å². The van der Waals surface area contributed by atoms with Crippen LogP contribution in [0.4, 0.5) is 0 Å². The first-order valence-electron chi connectivity index (χ1n) is 4.96. The molecule has 0 atom stereocenters. The molecule has 80 valence electrons. The summed E-state index contributed by atoms with van der Waals surface area (Å²) in [6, 6.07) is 7.64. The van der Waals surface area contributed by atoms with Crippen LogP contribution < -0.4 is 5.56 Å². The molecule has 2 N–H and O–H groups in total. The van der Waals surface area contributed by atoms with Crippen LogP contribution in [0.15, 0.2) is 33.5 Å². The van der Waals surface area contributed by atoms with Crippen LogP contribution in [0.5, 0.6) is 0 Å². The van der Waals surface area contributed by atoms with E-state index in [1.807, 2.05) is 25.1 Å². The van der Waals surface area contributed by atoms with Gasteiger partial charge in [0.1, 0.15) is 0 Å². The zero-order valence-corrected chi connectivity index (χ0v) is 10.2. The summed E-state index contributed by atoms with van der Waals surface area (Å²) in [5, 5.41) is 2.04. The summed E-state index contributed by atoms with van der Waals surface area (Å²) in [5.41, 5.74) is 2.84. The number of aryl methyl sites for hydroxylation is 1. The van der Waals surface area contributed by atoms with E-state index in [9.17, 15) is 4.79 Å². The predicted molar refractivity (Wildman–Crippen MR) is 68.9 cm³/mol. The second kappa shape index (κ2) is 3.22. The van der Waals surface area contributed by atoms with Crippen LogP contribution in [0.1, 0.15) is 5.69 Å². The Morgan fingerprint density at radius 1 is 1.12 bits per heavy atom. The van der Waals surface area contributed by atoms with Crippen molar-refractivity contribution >= 4 is 37.7 Å². The Morgan fingerprint density at radius 3 is 2.75 bits per heavy atom. The van der Waals surface area contributed by atoms with Gasteiger partial charge in [-0.05, 0) is 25.1 Å². The number of benzene rings is 1. The SMILES string of the molecule is Cc1[nH]c(=O)cc2c1[nH]c1ccc(Br)cc12. The van der Waals surface area contributed by atoms with Gasteiger partial charge in [-0.3, -0.25) is 4.79 Å². The van der Waals surface area contributed by atoms with Crippen molar-refractivity contribution in [3.05, 3.63) is 44.8 Å². The quantitative estimate of drug-likeness (QED) is 0.651. The van der Waals surface area contributed by atoms with Gasteiger partial charge < -0.3 is 9.97 Å². The maximum Gasteiger partial charge on any atom is 0.248 e. The number of pyridine rings is 1. The monoisotopic (exact) mass is 276 g/mol. The maximum absolute atomic E-state index is 11.4. The fraction of sp³-hybridized carbons (Fsp3) is 0.0833. The van der Waals surface area contributed by atoms with Crippen LogP contribution >= 0.6 is 15.9 Å². The van der Waals surface area contributed by atoms with E-state index in [4.69, 9.17) is 0 Å². The first kappa shape index (κ1) is 9.66. The minimum absolute atomic E-state index is 0.0640. The van der Waals surface area contributed by atoms with Crippen molar-refractivity contribution in [2.75, 3.05) is 0 Å². The highest BCUT2D eigenvalue weighted by atomic mass is 79.9. The molecule has 0 saturated carbocycles. The maximum atomic E-state index is 11.4. The molecule has 1 aromatic carbocycles. The number of halogens is 1. The first-order chi connectivity index (χ1) is 7.65. The van der Waals surface area contributed by atoms with E-state index in [1.54, 1.807) is 6.07 Å². The number of hydrogen-bond acceptors (Lipinski definition) is 1. The fourth-order valence-corrected chi connectivity index (χ4v) is 2.41. The van der Waals surface area contributed by atoms with Gasteiger partial charge in [-0.25, -0.2) is 0 Å². The normalized spacial score (nSPS) is 11.4. The lowest BCUT2D eigenvalue weighted by molar-refractivity contribution is 1.16. The van der Waals surface area contributed by atoms with Gasteiger partial charge in [0.25, 0.3) is 0 Å². The molecule has 3 nitrogen and oxygen atoms in total. The van der Waals surface area contributed by atoms with Crippen LogP contribution in [-0.4, -0.2) is 9.97 Å². The van der Waals surface area contributed by atoms with Crippen LogP contribution in [-0.2, 0) is 0 Å². The number of H-pyrrole nitrogens is 2. The van der Waals surface area contributed by atoms with Gasteiger partial charge in [0, 0.05) is 32.5 Å². The number of nitrogens with one attached hydrogen (secondary N) is 2. The van der Waals surface area contributed by atoms with Crippen LogP contribution in [0, 0.1) is 6.92 Å². The summed E-state index contributed by atoms with van der Waals surface area (Å²) in [6.07, 6.45) is 0. The fourth-order valence-electron chi connectivity index (χ4n) is 2.05. The predicted octanol–water partition coefficient (Wildman–Crippen LogP) is 3.08. The number of aromatic amines is 2. The number of rotatable bonds is 0. The lowest BCUT2D eigenvalue weighted by atomic mass is 10.2. The Hall–Kier alpha value is -1.55. The van der Waals surface area contributed by atoms with Gasteiger partial charge in [-0.2, -0.15) is 0 Å². The van der Waals surface area contributed by atoms with E-state index in [0.29, 0.717) is 0 Å². The molecule has 3 aromatic rings. The van der Waals surface area contributed by atoms with Crippen molar-refractivity contribution in [3.8, 4) is 0 Å². The van der Waals surface area contributed by atoms with Crippen molar-refractivity contribution in [1.29, 1.82) is 0 Å². The Kier molecular flexibility index (Phi) is 1.94. The highest BCUT2D eigenvalue weighted by Gasteiger charge is 2.07. The van der Waals surface area contributed by atoms with Crippen LogP contribution in [0.2, 0.25) is 0 Å². The van der Waals surface area contributed by atoms with E-state index in [0.717, 1.165) is 32.0 Å². The van der Waals surface area contributed by atoms with Crippen molar-refractivity contribution in [1.82, 2.24) is 9.97 Å². The molecule has 3 rings (SSSR count).